The number of carboxylic acids is 1. The van der Waals surface area contributed by atoms with Crippen LogP contribution in [-0.4, -0.2) is 17.7 Å². The number of alkyl carbamates (subject to hydrolysis) is 1. The SMILES string of the molecule is CC(C)(C)OC(=O)N[C@@H](CC(=O)[O-])c1ccccc1Br. The molecular weight excluding hydrogens is 326 g/mol. The van der Waals surface area contributed by atoms with Crippen LogP contribution in [0.25, 0.3) is 0 Å². The van der Waals surface area contributed by atoms with Gasteiger partial charge in [0, 0.05) is 16.9 Å². The lowest BCUT2D eigenvalue weighted by atomic mass is 10.0. The third kappa shape index (κ3) is 5.61. The quantitative estimate of drug-likeness (QED) is 0.909. The van der Waals surface area contributed by atoms with Crippen LogP contribution in [0.5, 0.6) is 0 Å². The van der Waals surface area contributed by atoms with E-state index in [2.05, 4.69) is 21.2 Å². The largest absolute Gasteiger partial charge is 0.550 e. The van der Waals surface area contributed by atoms with Gasteiger partial charge in [0.25, 0.3) is 0 Å². The standard InChI is InChI=1S/C14H18BrNO4/c1-14(2,3)20-13(19)16-11(8-12(17)18)9-6-4-5-7-10(9)15/h4-7,11H,8H2,1-3H3,(H,16,19)(H,17,18)/p-1/t11-/m0/s1. The maximum atomic E-state index is 11.8. The minimum Gasteiger partial charge on any atom is -0.550 e. The van der Waals surface area contributed by atoms with E-state index in [-0.39, 0.29) is 6.42 Å². The molecule has 1 amide bonds. The van der Waals surface area contributed by atoms with Crippen LogP contribution < -0.4 is 10.4 Å². The highest BCUT2D eigenvalue weighted by molar-refractivity contribution is 9.10. The molecule has 1 atom stereocenters. The second-order valence-electron chi connectivity index (χ2n) is 5.30. The van der Waals surface area contributed by atoms with Crippen molar-refractivity contribution in [1.82, 2.24) is 5.32 Å². The van der Waals surface area contributed by atoms with Crippen LogP contribution in [0.4, 0.5) is 4.79 Å². The Balaban J connectivity index is 2.88. The van der Waals surface area contributed by atoms with Gasteiger partial charge in [-0.25, -0.2) is 4.79 Å². The van der Waals surface area contributed by atoms with Crippen LogP contribution in [-0.2, 0) is 9.53 Å². The summed E-state index contributed by atoms with van der Waals surface area (Å²) >= 11 is 3.33. The van der Waals surface area contributed by atoms with Gasteiger partial charge in [0.2, 0.25) is 0 Å². The van der Waals surface area contributed by atoms with Gasteiger partial charge in [-0.2, -0.15) is 0 Å². The van der Waals surface area contributed by atoms with Gasteiger partial charge in [-0.15, -0.1) is 0 Å². The van der Waals surface area contributed by atoms with Gasteiger partial charge in [0.15, 0.2) is 0 Å². The van der Waals surface area contributed by atoms with Gasteiger partial charge in [-0.05, 0) is 32.4 Å². The summed E-state index contributed by atoms with van der Waals surface area (Å²) in [6.45, 7) is 5.20. The van der Waals surface area contributed by atoms with E-state index in [0.717, 1.165) is 0 Å². The van der Waals surface area contributed by atoms with Gasteiger partial charge in [0.1, 0.15) is 5.60 Å². The van der Waals surface area contributed by atoms with Crippen LogP contribution in [0.2, 0.25) is 0 Å². The van der Waals surface area contributed by atoms with Gasteiger partial charge < -0.3 is 20.0 Å². The van der Waals surface area contributed by atoms with Gasteiger partial charge in [-0.3, -0.25) is 0 Å². The zero-order valence-corrected chi connectivity index (χ0v) is 13.2. The van der Waals surface area contributed by atoms with Crippen molar-refractivity contribution in [2.45, 2.75) is 38.8 Å². The Hall–Kier alpha value is -1.56. The topological polar surface area (TPSA) is 78.5 Å². The highest BCUT2D eigenvalue weighted by Crippen LogP contribution is 2.25. The van der Waals surface area contributed by atoms with Crippen LogP contribution >= 0.6 is 15.9 Å². The molecule has 0 heterocycles. The number of carbonyl (C=O) groups is 2. The summed E-state index contributed by atoms with van der Waals surface area (Å²) < 4.78 is 5.84. The fourth-order valence-corrected chi connectivity index (χ4v) is 2.17. The molecular formula is C14H17BrNO4-. The maximum Gasteiger partial charge on any atom is 0.408 e. The molecule has 1 rings (SSSR count). The van der Waals surface area contributed by atoms with E-state index >= 15 is 0 Å². The van der Waals surface area contributed by atoms with Crippen LogP contribution in [0.15, 0.2) is 28.7 Å². The first-order valence-corrected chi connectivity index (χ1v) is 6.92. The molecule has 0 fully saturated rings. The molecule has 0 aliphatic carbocycles. The van der Waals surface area contributed by atoms with Crippen molar-refractivity contribution in [1.29, 1.82) is 0 Å². The first kappa shape index (κ1) is 16.5. The Morgan fingerprint density at radius 1 is 1.35 bits per heavy atom. The average Bonchev–Trinajstić information content (AvgIpc) is 2.25. The first-order valence-electron chi connectivity index (χ1n) is 6.13. The highest BCUT2D eigenvalue weighted by atomic mass is 79.9. The van der Waals surface area contributed by atoms with E-state index in [9.17, 15) is 14.7 Å². The molecule has 0 aromatic heterocycles. The fraction of sp³-hybridized carbons (Fsp3) is 0.429. The minimum atomic E-state index is -1.25. The summed E-state index contributed by atoms with van der Waals surface area (Å²) in [5, 5.41) is 13.4. The Kier molecular flexibility index (Phi) is 5.56. The molecule has 1 N–H and O–H groups in total. The molecule has 5 nitrogen and oxygen atoms in total. The van der Waals surface area contributed by atoms with Crippen molar-refractivity contribution in [2.75, 3.05) is 0 Å². The van der Waals surface area contributed by atoms with Crippen molar-refractivity contribution in [3.63, 3.8) is 0 Å². The number of nitrogens with one attached hydrogen (secondary N) is 1. The Morgan fingerprint density at radius 2 is 1.95 bits per heavy atom. The van der Waals surface area contributed by atoms with Gasteiger partial charge in [0.05, 0.1) is 6.04 Å². The smallest absolute Gasteiger partial charge is 0.408 e. The van der Waals surface area contributed by atoms with E-state index in [0.29, 0.717) is 10.0 Å². The van der Waals surface area contributed by atoms with E-state index in [1.807, 2.05) is 0 Å². The third-order valence-electron chi connectivity index (χ3n) is 2.34. The minimum absolute atomic E-state index is 0.331. The molecule has 110 valence electrons. The predicted molar refractivity (Wildman–Crippen MR) is 75.9 cm³/mol. The summed E-state index contributed by atoms with van der Waals surface area (Å²) in [6, 6.07) is 6.35. The van der Waals surface area contributed by atoms with E-state index < -0.39 is 23.7 Å². The fourth-order valence-electron chi connectivity index (χ4n) is 1.61. The molecule has 20 heavy (non-hydrogen) atoms. The molecule has 6 heteroatoms. The number of rotatable bonds is 4. The molecule has 1 aromatic carbocycles. The molecule has 0 unspecified atom stereocenters. The normalized spacial score (nSPS) is 12.6. The monoisotopic (exact) mass is 342 g/mol. The summed E-state index contributed by atoms with van der Waals surface area (Å²) in [5.41, 5.74) is 0.00636. The van der Waals surface area contributed by atoms with E-state index in [1.54, 1.807) is 45.0 Å². The number of carboxylic acid groups (broad SMARTS) is 1. The molecule has 0 spiro atoms. The van der Waals surface area contributed by atoms with E-state index in [4.69, 9.17) is 4.74 Å². The summed E-state index contributed by atoms with van der Waals surface area (Å²) in [4.78, 5) is 22.6. The molecule has 0 saturated carbocycles. The van der Waals surface area contributed by atoms with E-state index in [1.165, 1.54) is 0 Å². The molecule has 0 saturated heterocycles. The lowest BCUT2D eigenvalue weighted by Gasteiger charge is -2.24. The van der Waals surface area contributed by atoms with Crippen molar-refractivity contribution in [2.24, 2.45) is 0 Å². The zero-order valence-electron chi connectivity index (χ0n) is 11.6. The van der Waals surface area contributed by atoms with Gasteiger partial charge >= 0.3 is 6.09 Å². The second kappa shape index (κ2) is 6.74. The Morgan fingerprint density at radius 3 is 2.45 bits per heavy atom. The molecule has 0 bridgehead atoms. The van der Waals surface area contributed by atoms with Crippen LogP contribution in [0, 0.1) is 0 Å². The van der Waals surface area contributed by atoms with Crippen LogP contribution in [0.3, 0.4) is 0 Å². The van der Waals surface area contributed by atoms with Crippen LogP contribution in [0.1, 0.15) is 38.8 Å². The lowest BCUT2D eigenvalue weighted by molar-refractivity contribution is -0.306. The number of amides is 1. The predicted octanol–water partition coefficient (Wildman–Crippen LogP) is 2.15. The second-order valence-corrected chi connectivity index (χ2v) is 6.15. The number of carbonyl (C=O) groups excluding carboxylic acids is 2. The Labute approximate surface area is 126 Å². The summed E-state index contributed by atoms with van der Waals surface area (Å²) in [6.07, 6.45) is -0.999. The molecule has 0 aliphatic heterocycles. The summed E-state index contributed by atoms with van der Waals surface area (Å²) in [5.74, 6) is -1.25. The van der Waals surface area contributed by atoms with Crippen molar-refractivity contribution < 1.29 is 19.4 Å². The number of ether oxygens (including phenoxy) is 1. The number of halogens is 1. The number of benzene rings is 1. The number of hydrogen-bond donors (Lipinski definition) is 1. The van der Waals surface area contributed by atoms with Crippen molar-refractivity contribution >= 4 is 28.0 Å². The van der Waals surface area contributed by atoms with Gasteiger partial charge in [-0.1, -0.05) is 34.1 Å². The number of hydrogen-bond acceptors (Lipinski definition) is 4. The first-order chi connectivity index (χ1) is 9.19. The molecule has 0 aliphatic rings. The maximum absolute atomic E-state index is 11.8. The Bertz CT molecular complexity index is 496. The average molecular weight is 343 g/mol. The third-order valence-corrected chi connectivity index (χ3v) is 3.06. The summed E-state index contributed by atoms with van der Waals surface area (Å²) in [7, 11) is 0. The number of aliphatic carboxylic acids is 1. The van der Waals surface area contributed by atoms with Crippen molar-refractivity contribution in [3.8, 4) is 0 Å². The highest BCUT2D eigenvalue weighted by Gasteiger charge is 2.21. The molecule has 0 radical (unpaired) electrons. The molecule has 1 aromatic rings. The zero-order chi connectivity index (χ0) is 15.3. The lowest BCUT2D eigenvalue weighted by Crippen LogP contribution is -2.37. The van der Waals surface area contributed by atoms with Crippen molar-refractivity contribution in [3.05, 3.63) is 34.3 Å².